The molecule has 0 bridgehead atoms. The molecule has 0 aromatic carbocycles. The molecule has 0 saturated heterocycles. The maximum atomic E-state index is 9.69. The lowest BCUT2D eigenvalue weighted by Gasteiger charge is -2.49. The standard InChI is InChI=1S/C15H23NO2/c1-9-6-11(9)12-5-4-10(18-12)8-16-13-7-14(17)15(13,2)3/h4-5,9,11,13-14,16-17H,6-8H2,1-3H3. The number of aliphatic hydroxyl groups excluding tert-OH is 1. The van der Waals surface area contributed by atoms with Gasteiger partial charge in [-0.1, -0.05) is 20.8 Å². The highest BCUT2D eigenvalue weighted by molar-refractivity contribution is 5.17. The molecule has 3 heteroatoms. The molecule has 2 aliphatic rings. The van der Waals surface area contributed by atoms with Crippen LogP contribution in [-0.2, 0) is 6.54 Å². The highest BCUT2D eigenvalue weighted by Gasteiger charge is 2.46. The van der Waals surface area contributed by atoms with Crippen molar-refractivity contribution in [1.82, 2.24) is 5.32 Å². The van der Waals surface area contributed by atoms with Crippen molar-refractivity contribution in [3.8, 4) is 0 Å². The van der Waals surface area contributed by atoms with Crippen LogP contribution in [0.15, 0.2) is 16.5 Å². The average molecular weight is 249 g/mol. The summed E-state index contributed by atoms with van der Waals surface area (Å²) >= 11 is 0. The normalized spacial score (nSPS) is 37.3. The van der Waals surface area contributed by atoms with E-state index in [1.165, 1.54) is 6.42 Å². The number of hydrogen-bond donors (Lipinski definition) is 2. The molecule has 1 aromatic heterocycles. The molecular weight excluding hydrogens is 226 g/mol. The number of aliphatic hydroxyl groups is 1. The molecule has 0 spiro atoms. The van der Waals surface area contributed by atoms with Gasteiger partial charge in [-0.05, 0) is 30.9 Å². The Kier molecular flexibility index (Phi) is 2.79. The van der Waals surface area contributed by atoms with Gasteiger partial charge in [0.15, 0.2) is 0 Å². The molecule has 2 aliphatic carbocycles. The maximum Gasteiger partial charge on any atom is 0.117 e. The lowest BCUT2D eigenvalue weighted by Crippen LogP contribution is -2.59. The molecule has 0 amide bonds. The minimum atomic E-state index is -0.172. The van der Waals surface area contributed by atoms with Gasteiger partial charge in [-0.25, -0.2) is 0 Å². The summed E-state index contributed by atoms with van der Waals surface area (Å²) in [7, 11) is 0. The third kappa shape index (κ3) is 1.99. The summed E-state index contributed by atoms with van der Waals surface area (Å²) in [5.41, 5.74) is -0.0135. The molecule has 4 unspecified atom stereocenters. The van der Waals surface area contributed by atoms with Crippen LogP contribution in [0.2, 0.25) is 0 Å². The quantitative estimate of drug-likeness (QED) is 0.862. The third-order valence-corrected chi connectivity index (χ3v) is 4.90. The summed E-state index contributed by atoms with van der Waals surface area (Å²) < 4.78 is 5.87. The average Bonchev–Trinajstić information content (AvgIpc) is 2.89. The second-order valence-corrected chi connectivity index (χ2v) is 6.63. The zero-order chi connectivity index (χ0) is 12.9. The lowest BCUT2D eigenvalue weighted by atomic mass is 9.64. The SMILES string of the molecule is CC1CC1c1ccc(CNC2CC(O)C2(C)C)o1. The Hall–Kier alpha value is -0.800. The Morgan fingerprint density at radius 1 is 1.39 bits per heavy atom. The van der Waals surface area contributed by atoms with Crippen LogP contribution in [0.25, 0.3) is 0 Å². The second kappa shape index (κ2) is 4.10. The van der Waals surface area contributed by atoms with E-state index in [1.54, 1.807) is 0 Å². The van der Waals surface area contributed by atoms with Crippen LogP contribution < -0.4 is 5.32 Å². The number of furan rings is 1. The van der Waals surface area contributed by atoms with E-state index in [1.807, 2.05) is 0 Å². The summed E-state index contributed by atoms with van der Waals surface area (Å²) in [6, 6.07) is 4.59. The molecule has 3 nitrogen and oxygen atoms in total. The molecule has 2 saturated carbocycles. The van der Waals surface area contributed by atoms with Gasteiger partial charge in [0.05, 0.1) is 12.6 Å². The Bertz CT molecular complexity index is 437. The summed E-state index contributed by atoms with van der Waals surface area (Å²) in [5.74, 6) is 3.60. The van der Waals surface area contributed by atoms with Gasteiger partial charge >= 0.3 is 0 Å². The van der Waals surface area contributed by atoms with E-state index in [0.29, 0.717) is 12.0 Å². The van der Waals surface area contributed by atoms with Crippen molar-refractivity contribution in [1.29, 1.82) is 0 Å². The van der Waals surface area contributed by atoms with E-state index in [4.69, 9.17) is 4.42 Å². The second-order valence-electron chi connectivity index (χ2n) is 6.63. The van der Waals surface area contributed by atoms with Gasteiger partial charge in [-0.3, -0.25) is 0 Å². The zero-order valence-electron chi connectivity index (χ0n) is 11.4. The van der Waals surface area contributed by atoms with Crippen molar-refractivity contribution in [3.63, 3.8) is 0 Å². The first-order valence-corrected chi connectivity index (χ1v) is 6.98. The fraction of sp³-hybridized carbons (Fsp3) is 0.733. The van der Waals surface area contributed by atoms with Crippen LogP contribution in [0.5, 0.6) is 0 Å². The summed E-state index contributed by atoms with van der Waals surface area (Å²) in [6.07, 6.45) is 1.94. The monoisotopic (exact) mass is 249 g/mol. The van der Waals surface area contributed by atoms with E-state index in [0.717, 1.165) is 30.4 Å². The van der Waals surface area contributed by atoms with Crippen LogP contribution in [0.4, 0.5) is 0 Å². The minimum absolute atomic E-state index is 0.0135. The van der Waals surface area contributed by atoms with Crippen molar-refractivity contribution in [2.24, 2.45) is 11.3 Å². The van der Waals surface area contributed by atoms with E-state index >= 15 is 0 Å². The van der Waals surface area contributed by atoms with E-state index in [9.17, 15) is 5.11 Å². The largest absolute Gasteiger partial charge is 0.464 e. The molecule has 1 aromatic rings. The fourth-order valence-corrected chi connectivity index (χ4v) is 2.88. The predicted molar refractivity (Wildman–Crippen MR) is 70.3 cm³/mol. The van der Waals surface area contributed by atoms with Gasteiger partial charge in [0.2, 0.25) is 0 Å². The van der Waals surface area contributed by atoms with Gasteiger partial charge < -0.3 is 14.8 Å². The Morgan fingerprint density at radius 2 is 2.11 bits per heavy atom. The van der Waals surface area contributed by atoms with Crippen molar-refractivity contribution in [3.05, 3.63) is 23.7 Å². The number of hydrogen-bond acceptors (Lipinski definition) is 3. The van der Waals surface area contributed by atoms with Crippen molar-refractivity contribution in [2.45, 2.75) is 58.2 Å². The Balaban J connectivity index is 1.53. The van der Waals surface area contributed by atoms with Crippen LogP contribution in [0.1, 0.15) is 51.1 Å². The summed E-state index contributed by atoms with van der Waals surface area (Å²) in [4.78, 5) is 0. The minimum Gasteiger partial charge on any atom is -0.464 e. The van der Waals surface area contributed by atoms with Gasteiger partial charge in [-0.15, -0.1) is 0 Å². The first kappa shape index (κ1) is 12.2. The first-order valence-electron chi connectivity index (χ1n) is 6.98. The van der Waals surface area contributed by atoms with Gasteiger partial charge in [0.1, 0.15) is 11.5 Å². The molecule has 4 atom stereocenters. The molecule has 1 heterocycles. The molecule has 3 rings (SSSR count). The van der Waals surface area contributed by atoms with E-state index < -0.39 is 0 Å². The topological polar surface area (TPSA) is 45.4 Å². The molecule has 2 N–H and O–H groups in total. The van der Waals surface area contributed by atoms with Crippen molar-refractivity contribution < 1.29 is 9.52 Å². The highest BCUT2D eigenvalue weighted by atomic mass is 16.3. The summed E-state index contributed by atoms with van der Waals surface area (Å²) in [6.45, 7) is 7.25. The van der Waals surface area contributed by atoms with Gasteiger partial charge in [0.25, 0.3) is 0 Å². The van der Waals surface area contributed by atoms with E-state index in [2.05, 4.69) is 38.2 Å². The van der Waals surface area contributed by atoms with Crippen LogP contribution in [-0.4, -0.2) is 17.3 Å². The Morgan fingerprint density at radius 3 is 2.67 bits per heavy atom. The van der Waals surface area contributed by atoms with E-state index in [-0.39, 0.29) is 11.5 Å². The van der Waals surface area contributed by atoms with Gasteiger partial charge in [-0.2, -0.15) is 0 Å². The fourth-order valence-electron chi connectivity index (χ4n) is 2.88. The first-order chi connectivity index (χ1) is 8.48. The molecule has 0 radical (unpaired) electrons. The highest BCUT2D eigenvalue weighted by Crippen LogP contribution is 2.47. The molecule has 0 aliphatic heterocycles. The number of rotatable bonds is 4. The van der Waals surface area contributed by atoms with Crippen molar-refractivity contribution >= 4 is 0 Å². The maximum absolute atomic E-state index is 9.69. The number of nitrogens with one attached hydrogen (secondary N) is 1. The smallest absolute Gasteiger partial charge is 0.117 e. The summed E-state index contributed by atoms with van der Waals surface area (Å²) in [5, 5.41) is 13.2. The molecule has 2 fully saturated rings. The third-order valence-electron chi connectivity index (χ3n) is 4.90. The molecular formula is C15H23NO2. The molecule has 100 valence electrons. The van der Waals surface area contributed by atoms with Crippen LogP contribution >= 0.6 is 0 Å². The molecule has 18 heavy (non-hydrogen) atoms. The van der Waals surface area contributed by atoms with Crippen LogP contribution in [0.3, 0.4) is 0 Å². The van der Waals surface area contributed by atoms with Gasteiger partial charge in [0, 0.05) is 17.4 Å². The predicted octanol–water partition coefficient (Wildman–Crippen LogP) is 2.65. The zero-order valence-corrected chi connectivity index (χ0v) is 11.4. The Labute approximate surface area is 109 Å². The van der Waals surface area contributed by atoms with Crippen LogP contribution in [0, 0.1) is 11.3 Å². The lowest BCUT2D eigenvalue weighted by molar-refractivity contribution is -0.0734. The van der Waals surface area contributed by atoms with Crippen molar-refractivity contribution in [2.75, 3.05) is 0 Å².